The minimum absolute atomic E-state index is 0.0126. The van der Waals surface area contributed by atoms with Gasteiger partial charge in [-0.15, -0.1) is 11.8 Å². The number of aryl methyl sites for hydroxylation is 3. The number of carbonyl (C=O) groups excluding carboxylic acids is 2. The van der Waals surface area contributed by atoms with Gasteiger partial charge in [0.15, 0.2) is 0 Å². The summed E-state index contributed by atoms with van der Waals surface area (Å²) in [5.74, 6) is -0.970. The summed E-state index contributed by atoms with van der Waals surface area (Å²) >= 11 is 6.92. The van der Waals surface area contributed by atoms with Crippen LogP contribution in [-0.4, -0.2) is 24.1 Å². The van der Waals surface area contributed by atoms with E-state index in [-0.39, 0.29) is 29.1 Å². The van der Waals surface area contributed by atoms with Gasteiger partial charge in [-0.05, 0) is 50.1 Å². The van der Waals surface area contributed by atoms with Crippen molar-refractivity contribution in [3.8, 4) is 0 Å². The second-order valence-corrected chi connectivity index (χ2v) is 7.42. The van der Waals surface area contributed by atoms with Crippen molar-refractivity contribution in [2.24, 2.45) is 0 Å². The van der Waals surface area contributed by atoms with Gasteiger partial charge in [-0.2, -0.15) is 0 Å². The fraction of sp³-hybridized carbons (Fsp3) is 0.263. The third kappa shape index (κ3) is 5.75. The predicted molar refractivity (Wildman–Crippen MR) is 104 cm³/mol. The van der Waals surface area contributed by atoms with Gasteiger partial charge >= 0.3 is 0 Å². The highest BCUT2D eigenvalue weighted by molar-refractivity contribution is 8.00. The summed E-state index contributed by atoms with van der Waals surface area (Å²) in [6.45, 7) is 5.74. The molecule has 2 rings (SSSR count). The maximum atomic E-state index is 13.1. The number of amides is 2. The number of hydrogen-bond acceptors (Lipinski definition) is 3. The number of benzene rings is 2. The fourth-order valence-electron chi connectivity index (χ4n) is 2.51. The molecule has 26 heavy (non-hydrogen) atoms. The zero-order valence-electron chi connectivity index (χ0n) is 14.8. The molecule has 0 fully saturated rings. The van der Waals surface area contributed by atoms with Crippen molar-refractivity contribution in [1.82, 2.24) is 5.32 Å². The molecule has 0 spiro atoms. The lowest BCUT2D eigenvalue weighted by Crippen LogP contribution is -2.34. The molecule has 7 heteroatoms. The van der Waals surface area contributed by atoms with Crippen LogP contribution in [0.25, 0.3) is 0 Å². The summed E-state index contributed by atoms with van der Waals surface area (Å²) in [5.41, 5.74) is 3.85. The number of rotatable bonds is 6. The van der Waals surface area contributed by atoms with Crippen LogP contribution in [0.1, 0.15) is 16.7 Å². The first-order valence-electron chi connectivity index (χ1n) is 7.98. The monoisotopic (exact) mass is 394 g/mol. The van der Waals surface area contributed by atoms with Crippen LogP contribution in [0.15, 0.2) is 35.2 Å². The van der Waals surface area contributed by atoms with Crippen LogP contribution in [0.2, 0.25) is 5.02 Å². The molecule has 0 saturated heterocycles. The van der Waals surface area contributed by atoms with E-state index in [4.69, 9.17) is 11.6 Å². The van der Waals surface area contributed by atoms with Gasteiger partial charge in [0.1, 0.15) is 5.82 Å². The Balaban J connectivity index is 1.81. The van der Waals surface area contributed by atoms with E-state index in [9.17, 15) is 14.0 Å². The Hall–Kier alpha value is -2.05. The number of halogens is 2. The highest BCUT2D eigenvalue weighted by Crippen LogP contribution is 2.24. The lowest BCUT2D eigenvalue weighted by atomic mass is 10.1. The topological polar surface area (TPSA) is 58.2 Å². The Labute approximate surface area is 161 Å². The SMILES string of the molecule is Cc1cc(C)c(NC(=O)CNC(=O)CSc2ccc(F)c(Cl)c2)c(C)c1. The number of nitrogens with one attached hydrogen (secondary N) is 2. The largest absolute Gasteiger partial charge is 0.346 e. The highest BCUT2D eigenvalue weighted by Gasteiger charge is 2.10. The Morgan fingerprint density at radius 3 is 2.35 bits per heavy atom. The lowest BCUT2D eigenvalue weighted by molar-refractivity contribution is -0.122. The molecule has 0 atom stereocenters. The van der Waals surface area contributed by atoms with E-state index < -0.39 is 5.82 Å². The zero-order chi connectivity index (χ0) is 19.3. The highest BCUT2D eigenvalue weighted by atomic mass is 35.5. The third-order valence-corrected chi connectivity index (χ3v) is 4.93. The number of hydrogen-bond donors (Lipinski definition) is 2. The van der Waals surface area contributed by atoms with Crippen molar-refractivity contribution in [1.29, 1.82) is 0 Å². The van der Waals surface area contributed by atoms with Crippen molar-refractivity contribution in [2.45, 2.75) is 25.7 Å². The second kappa shape index (κ2) is 9.05. The molecule has 2 aromatic carbocycles. The molecule has 0 bridgehead atoms. The summed E-state index contributed by atoms with van der Waals surface area (Å²) in [5, 5.41) is 5.41. The molecule has 0 unspecified atom stereocenters. The van der Waals surface area contributed by atoms with Crippen LogP contribution in [0.5, 0.6) is 0 Å². The van der Waals surface area contributed by atoms with Crippen molar-refractivity contribution < 1.29 is 14.0 Å². The second-order valence-electron chi connectivity index (χ2n) is 5.96. The van der Waals surface area contributed by atoms with Crippen LogP contribution in [0.4, 0.5) is 10.1 Å². The molecule has 0 aliphatic rings. The molecular weight excluding hydrogens is 375 g/mol. The number of carbonyl (C=O) groups is 2. The molecule has 4 nitrogen and oxygen atoms in total. The molecule has 2 N–H and O–H groups in total. The van der Waals surface area contributed by atoms with Crippen LogP contribution >= 0.6 is 23.4 Å². The summed E-state index contributed by atoms with van der Waals surface area (Å²) in [6.07, 6.45) is 0. The van der Waals surface area contributed by atoms with E-state index in [0.29, 0.717) is 4.90 Å². The summed E-state index contributed by atoms with van der Waals surface area (Å²) in [6, 6.07) is 8.25. The standard InChI is InChI=1S/C19H20ClFN2O2S/c1-11-6-12(2)19(13(3)7-11)23-17(24)9-22-18(25)10-26-14-4-5-16(21)15(20)8-14/h4-8H,9-10H2,1-3H3,(H,22,25)(H,23,24). The van der Waals surface area contributed by atoms with E-state index in [1.54, 1.807) is 6.07 Å². The van der Waals surface area contributed by atoms with E-state index in [1.165, 1.54) is 23.9 Å². The van der Waals surface area contributed by atoms with Gasteiger partial charge in [0, 0.05) is 10.6 Å². The number of anilines is 1. The van der Waals surface area contributed by atoms with Gasteiger partial charge in [-0.25, -0.2) is 4.39 Å². The molecule has 0 aromatic heterocycles. The summed E-state index contributed by atoms with van der Waals surface area (Å²) < 4.78 is 13.1. The van der Waals surface area contributed by atoms with Gasteiger partial charge in [-0.3, -0.25) is 9.59 Å². The van der Waals surface area contributed by atoms with Crippen molar-refractivity contribution >= 4 is 40.9 Å². The molecule has 138 valence electrons. The minimum atomic E-state index is -0.501. The predicted octanol–water partition coefficient (Wildman–Crippen LogP) is 4.25. The van der Waals surface area contributed by atoms with Crippen LogP contribution in [-0.2, 0) is 9.59 Å². The third-order valence-electron chi connectivity index (χ3n) is 3.65. The van der Waals surface area contributed by atoms with Gasteiger partial charge in [0.05, 0.1) is 17.3 Å². The number of thioether (sulfide) groups is 1. The smallest absolute Gasteiger partial charge is 0.243 e. The van der Waals surface area contributed by atoms with Gasteiger partial charge < -0.3 is 10.6 Å². The van der Waals surface area contributed by atoms with Gasteiger partial charge in [0.2, 0.25) is 11.8 Å². The molecule has 0 aliphatic carbocycles. The molecule has 0 saturated carbocycles. The van der Waals surface area contributed by atoms with Crippen LogP contribution in [0, 0.1) is 26.6 Å². The molecule has 0 heterocycles. The average molecular weight is 395 g/mol. The van der Waals surface area contributed by atoms with Crippen molar-refractivity contribution in [3.63, 3.8) is 0 Å². The quantitative estimate of drug-likeness (QED) is 0.720. The Morgan fingerprint density at radius 1 is 1.08 bits per heavy atom. The van der Waals surface area contributed by atoms with Crippen LogP contribution < -0.4 is 10.6 Å². The maximum Gasteiger partial charge on any atom is 0.243 e. The van der Waals surface area contributed by atoms with Crippen molar-refractivity contribution in [3.05, 3.63) is 57.9 Å². The van der Waals surface area contributed by atoms with E-state index in [1.807, 2.05) is 32.9 Å². The Morgan fingerprint density at radius 2 is 1.73 bits per heavy atom. The first kappa shape index (κ1) is 20.3. The maximum absolute atomic E-state index is 13.1. The fourth-order valence-corrected chi connectivity index (χ4v) is 3.52. The first-order valence-corrected chi connectivity index (χ1v) is 9.35. The Bertz CT molecular complexity index is 819. The summed E-state index contributed by atoms with van der Waals surface area (Å²) in [4.78, 5) is 24.6. The summed E-state index contributed by atoms with van der Waals surface area (Å²) in [7, 11) is 0. The molecule has 0 aliphatic heterocycles. The zero-order valence-corrected chi connectivity index (χ0v) is 16.4. The molecule has 2 amide bonds. The van der Waals surface area contributed by atoms with Crippen molar-refractivity contribution in [2.75, 3.05) is 17.6 Å². The van der Waals surface area contributed by atoms with Crippen LogP contribution in [0.3, 0.4) is 0 Å². The molecule has 2 aromatic rings. The Kier molecular flexibility index (Phi) is 7.06. The van der Waals surface area contributed by atoms with E-state index >= 15 is 0 Å². The normalized spacial score (nSPS) is 10.5. The average Bonchev–Trinajstić information content (AvgIpc) is 2.57. The van der Waals surface area contributed by atoms with E-state index in [0.717, 1.165) is 22.4 Å². The van der Waals surface area contributed by atoms with Gasteiger partial charge in [0.25, 0.3) is 0 Å². The lowest BCUT2D eigenvalue weighted by Gasteiger charge is -2.13. The minimum Gasteiger partial charge on any atom is -0.346 e. The van der Waals surface area contributed by atoms with E-state index in [2.05, 4.69) is 10.6 Å². The molecular formula is C19H20ClFN2O2S. The first-order chi connectivity index (χ1) is 12.3. The molecule has 0 radical (unpaired) electrons. The van der Waals surface area contributed by atoms with Gasteiger partial charge in [-0.1, -0.05) is 29.3 Å².